The van der Waals surface area contributed by atoms with Gasteiger partial charge < -0.3 is 5.32 Å². The van der Waals surface area contributed by atoms with E-state index in [2.05, 4.69) is 27.8 Å². The number of nitrogens with one attached hydrogen (secondary N) is 1. The van der Waals surface area contributed by atoms with E-state index < -0.39 is 0 Å². The molecule has 0 aliphatic heterocycles. The van der Waals surface area contributed by atoms with Crippen LogP contribution < -0.4 is 5.32 Å². The van der Waals surface area contributed by atoms with Gasteiger partial charge in [0.1, 0.15) is 0 Å². The molecule has 0 saturated heterocycles. The van der Waals surface area contributed by atoms with Crippen molar-refractivity contribution in [3.8, 4) is 0 Å². The predicted octanol–water partition coefficient (Wildman–Crippen LogP) is 2.66. The van der Waals surface area contributed by atoms with E-state index in [0.29, 0.717) is 19.0 Å². The van der Waals surface area contributed by atoms with Gasteiger partial charge in [0.05, 0.1) is 6.04 Å². The molecule has 1 saturated carbocycles. The van der Waals surface area contributed by atoms with Crippen LogP contribution in [0.15, 0.2) is 0 Å². The smallest absolute Gasteiger partial charge is 0.219 e. The molecule has 1 aliphatic rings. The second-order valence-electron chi connectivity index (χ2n) is 6.29. The Balaban J connectivity index is 1.80. The number of carbonyl (C=O) groups is 1. The monoisotopic (exact) mass is 307 g/mol. The van der Waals surface area contributed by atoms with Crippen LogP contribution in [0.2, 0.25) is 0 Å². The molecule has 6 heteroatoms. The molecule has 2 atom stereocenters. The predicted molar refractivity (Wildman–Crippen MR) is 85.3 cm³/mol. The third-order valence-corrected chi connectivity index (χ3v) is 4.67. The Morgan fingerprint density at radius 3 is 2.95 bits per heavy atom. The minimum atomic E-state index is 0.139. The molecule has 2 unspecified atom stereocenters. The lowest BCUT2D eigenvalue weighted by Crippen LogP contribution is -2.22. The van der Waals surface area contributed by atoms with Crippen molar-refractivity contribution in [2.45, 2.75) is 77.7 Å². The van der Waals surface area contributed by atoms with E-state index in [1.54, 1.807) is 0 Å². The Morgan fingerprint density at radius 2 is 2.18 bits per heavy atom. The highest BCUT2D eigenvalue weighted by Crippen LogP contribution is 2.34. The molecule has 1 fully saturated rings. The van der Waals surface area contributed by atoms with E-state index >= 15 is 0 Å². The fourth-order valence-electron chi connectivity index (χ4n) is 3.37. The van der Waals surface area contributed by atoms with Gasteiger partial charge in [-0.05, 0) is 49.0 Å². The summed E-state index contributed by atoms with van der Waals surface area (Å²) >= 11 is 0. The summed E-state index contributed by atoms with van der Waals surface area (Å²) in [6.07, 6.45) is 9.57. The van der Waals surface area contributed by atoms with E-state index in [4.69, 9.17) is 0 Å². The summed E-state index contributed by atoms with van der Waals surface area (Å²) in [5, 5.41) is 15.1. The summed E-state index contributed by atoms with van der Waals surface area (Å²) in [6, 6.07) is 0.465. The normalized spacial score (nSPS) is 21.7. The number of tetrazole rings is 1. The molecule has 1 aromatic heterocycles. The van der Waals surface area contributed by atoms with E-state index in [1.165, 1.54) is 32.1 Å². The molecule has 1 aromatic rings. The van der Waals surface area contributed by atoms with Crippen LogP contribution in [0.1, 0.15) is 77.1 Å². The fraction of sp³-hybridized carbons (Fsp3) is 0.875. The highest BCUT2D eigenvalue weighted by atomic mass is 16.1. The molecule has 0 radical (unpaired) electrons. The van der Waals surface area contributed by atoms with Crippen LogP contribution in [0.4, 0.5) is 0 Å². The molecule has 1 amide bonds. The Morgan fingerprint density at radius 1 is 1.32 bits per heavy atom. The number of nitrogens with zero attached hydrogens (tertiary/aromatic N) is 4. The Hall–Kier alpha value is -1.46. The summed E-state index contributed by atoms with van der Waals surface area (Å²) < 4.78 is 2.05. The SMILES string of the molecule is CCNC(=O)CCCCc1nnnn1C1CCCC(CC)C1. The average Bonchev–Trinajstić information content (AvgIpc) is 3.00. The summed E-state index contributed by atoms with van der Waals surface area (Å²) in [5.41, 5.74) is 0. The lowest BCUT2D eigenvalue weighted by atomic mass is 9.84. The Labute approximate surface area is 133 Å². The quantitative estimate of drug-likeness (QED) is 0.749. The van der Waals surface area contributed by atoms with Gasteiger partial charge in [-0.2, -0.15) is 0 Å². The van der Waals surface area contributed by atoms with Crippen LogP contribution in [0.25, 0.3) is 0 Å². The van der Waals surface area contributed by atoms with E-state index in [0.717, 1.165) is 31.0 Å². The standard InChI is InChI=1S/C16H29N5O/c1-3-13-8-7-9-14(12-13)21-15(18-19-20-21)10-5-6-11-16(22)17-4-2/h13-14H,3-12H2,1-2H3,(H,17,22). The summed E-state index contributed by atoms with van der Waals surface area (Å²) in [7, 11) is 0. The molecule has 0 aromatic carbocycles. The molecule has 124 valence electrons. The Kier molecular flexibility index (Phi) is 6.80. The number of hydrogen-bond acceptors (Lipinski definition) is 4. The molecular weight excluding hydrogens is 278 g/mol. The maximum atomic E-state index is 11.4. The van der Waals surface area contributed by atoms with Gasteiger partial charge in [0.15, 0.2) is 5.82 Å². The number of rotatable bonds is 8. The summed E-state index contributed by atoms with van der Waals surface area (Å²) in [6.45, 7) is 4.92. The fourth-order valence-corrected chi connectivity index (χ4v) is 3.37. The van der Waals surface area contributed by atoms with Crippen LogP contribution in [0.3, 0.4) is 0 Å². The van der Waals surface area contributed by atoms with Gasteiger partial charge in [0.25, 0.3) is 0 Å². The van der Waals surface area contributed by atoms with E-state index in [1.807, 2.05) is 11.6 Å². The molecule has 1 N–H and O–H groups in total. The Bertz CT molecular complexity index is 459. The van der Waals surface area contributed by atoms with Crippen LogP contribution in [0, 0.1) is 5.92 Å². The van der Waals surface area contributed by atoms with Crippen molar-refractivity contribution in [2.24, 2.45) is 5.92 Å². The zero-order chi connectivity index (χ0) is 15.8. The third kappa shape index (κ3) is 4.78. The van der Waals surface area contributed by atoms with Crippen molar-refractivity contribution >= 4 is 5.91 Å². The van der Waals surface area contributed by atoms with Crippen LogP contribution >= 0.6 is 0 Å². The largest absolute Gasteiger partial charge is 0.356 e. The molecule has 0 bridgehead atoms. The van der Waals surface area contributed by atoms with Crippen LogP contribution in [-0.4, -0.2) is 32.7 Å². The first-order valence-corrected chi connectivity index (χ1v) is 8.78. The maximum absolute atomic E-state index is 11.4. The number of carbonyl (C=O) groups excluding carboxylic acids is 1. The number of aryl methyl sites for hydroxylation is 1. The van der Waals surface area contributed by atoms with Gasteiger partial charge in [0.2, 0.25) is 5.91 Å². The summed E-state index contributed by atoms with van der Waals surface area (Å²) in [4.78, 5) is 11.4. The second-order valence-corrected chi connectivity index (χ2v) is 6.29. The highest BCUT2D eigenvalue weighted by Gasteiger charge is 2.24. The van der Waals surface area contributed by atoms with Crippen molar-refractivity contribution in [3.05, 3.63) is 5.82 Å². The minimum absolute atomic E-state index is 0.139. The van der Waals surface area contributed by atoms with Crippen molar-refractivity contribution in [1.29, 1.82) is 0 Å². The van der Waals surface area contributed by atoms with Gasteiger partial charge in [-0.25, -0.2) is 4.68 Å². The van der Waals surface area contributed by atoms with Crippen LogP contribution in [-0.2, 0) is 11.2 Å². The molecule has 2 rings (SSSR count). The van der Waals surface area contributed by atoms with Crippen molar-refractivity contribution in [2.75, 3.05) is 6.54 Å². The molecule has 1 aliphatic carbocycles. The molecular formula is C16H29N5O. The number of unbranched alkanes of at least 4 members (excludes halogenated alkanes) is 1. The molecule has 22 heavy (non-hydrogen) atoms. The van der Waals surface area contributed by atoms with E-state index in [-0.39, 0.29) is 5.91 Å². The number of hydrogen-bond donors (Lipinski definition) is 1. The molecule has 6 nitrogen and oxygen atoms in total. The highest BCUT2D eigenvalue weighted by molar-refractivity contribution is 5.75. The lowest BCUT2D eigenvalue weighted by molar-refractivity contribution is -0.121. The van der Waals surface area contributed by atoms with Crippen molar-refractivity contribution < 1.29 is 4.79 Å². The lowest BCUT2D eigenvalue weighted by Gasteiger charge is -2.28. The van der Waals surface area contributed by atoms with Gasteiger partial charge in [-0.3, -0.25) is 4.79 Å². The zero-order valence-electron chi connectivity index (χ0n) is 13.9. The van der Waals surface area contributed by atoms with Gasteiger partial charge in [0, 0.05) is 19.4 Å². The minimum Gasteiger partial charge on any atom is -0.356 e. The van der Waals surface area contributed by atoms with Crippen LogP contribution in [0.5, 0.6) is 0 Å². The molecule has 1 heterocycles. The zero-order valence-corrected chi connectivity index (χ0v) is 13.9. The van der Waals surface area contributed by atoms with Gasteiger partial charge in [-0.15, -0.1) is 5.10 Å². The van der Waals surface area contributed by atoms with Gasteiger partial charge >= 0.3 is 0 Å². The first kappa shape index (κ1) is 16.9. The third-order valence-electron chi connectivity index (χ3n) is 4.67. The summed E-state index contributed by atoms with van der Waals surface area (Å²) in [5.74, 6) is 1.94. The number of amides is 1. The first-order chi connectivity index (χ1) is 10.7. The maximum Gasteiger partial charge on any atom is 0.219 e. The van der Waals surface area contributed by atoms with E-state index in [9.17, 15) is 4.79 Å². The topological polar surface area (TPSA) is 72.7 Å². The van der Waals surface area contributed by atoms with Crippen molar-refractivity contribution in [3.63, 3.8) is 0 Å². The first-order valence-electron chi connectivity index (χ1n) is 8.78. The van der Waals surface area contributed by atoms with Crippen molar-refractivity contribution in [1.82, 2.24) is 25.5 Å². The molecule has 0 spiro atoms. The average molecular weight is 307 g/mol. The second kappa shape index (κ2) is 8.86. The van der Waals surface area contributed by atoms with Gasteiger partial charge in [-0.1, -0.05) is 26.2 Å². The number of aromatic nitrogens is 4.